The molecular weight excluding hydrogens is 494 g/mol. The molecule has 16 nitrogen and oxygen atoms in total. The van der Waals surface area contributed by atoms with Crippen molar-refractivity contribution >= 4 is 29.3 Å². The molecule has 1 saturated heterocycles. The molecule has 5 atom stereocenters. The molecule has 1 aliphatic heterocycles. The largest absolute Gasteiger partial charge is 0.490 e. The highest BCUT2D eigenvalue weighted by Crippen LogP contribution is 2.66. The SMILES string of the molecule is C=C[C@]1(COP(=O)(O)OP(=O)(O)OP(=O)(O)O)O[C@@H](n2ccc(N)nc2=O)C[C@]1(O)F. The van der Waals surface area contributed by atoms with Crippen molar-refractivity contribution in [2.75, 3.05) is 12.3 Å². The molecule has 1 fully saturated rings. The average molecular weight is 511 g/mol. The van der Waals surface area contributed by atoms with Crippen LogP contribution in [0.15, 0.2) is 29.7 Å². The standard InChI is InChI=1S/C11H17FN3O13P3/c1-2-10(6-25-30(21,22)28-31(23,24)27-29(18,19)20)11(12,17)5-8(26-10)15-4-3-7(13)14-9(15)16/h2-4,8,17H,1,5-6H2,(H,21,22)(H,23,24)(H2,13,14,16)(H2,18,19,20)/t8-,10-,11-/m1/s1. The number of hydrogen-bond donors (Lipinski definition) is 6. The lowest BCUT2D eigenvalue weighted by Crippen LogP contribution is -2.49. The highest BCUT2D eigenvalue weighted by molar-refractivity contribution is 7.66. The fourth-order valence-electron chi connectivity index (χ4n) is 2.47. The molecule has 1 aliphatic rings. The van der Waals surface area contributed by atoms with Gasteiger partial charge in [0.1, 0.15) is 12.0 Å². The molecule has 0 saturated carbocycles. The van der Waals surface area contributed by atoms with Crippen LogP contribution in [0.3, 0.4) is 0 Å². The number of anilines is 1. The van der Waals surface area contributed by atoms with E-state index >= 15 is 0 Å². The van der Waals surface area contributed by atoms with E-state index in [4.69, 9.17) is 25.2 Å². The second-order valence-electron chi connectivity index (χ2n) is 6.04. The van der Waals surface area contributed by atoms with Crippen molar-refractivity contribution in [1.29, 1.82) is 0 Å². The first-order chi connectivity index (χ1) is 13.9. The highest BCUT2D eigenvalue weighted by atomic mass is 31.3. The van der Waals surface area contributed by atoms with Gasteiger partial charge in [-0.15, -0.1) is 0 Å². The minimum atomic E-state index is -5.82. The number of hydrogen-bond acceptors (Lipinski definition) is 11. The van der Waals surface area contributed by atoms with Gasteiger partial charge in [-0.3, -0.25) is 9.09 Å². The van der Waals surface area contributed by atoms with E-state index in [1.807, 2.05) is 0 Å². The van der Waals surface area contributed by atoms with Crippen LogP contribution in [-0.4, -0.2) is 52.3 Å². The third-order valence-corrected chi connectivity index (χ3v) is 7.57. The van der Waals surface area contributed by atoms with E-state index in [9.17, 15) is 32.9 Å². The Morgan fingerprint density at radius 3 is 2.45 bits per heavy atom. The van der Waals surface area contributed by atoms with Crippen LogP contribution in [0.1, 0.15) is 12.6 Å². The summed E-state index contributed by atoms with van der Waals surface area (Å²) in [4.78, 5) is 50.9. The summed E-state index contributed by atoms with van der Waals surface area (Å²) in [5.41, 5.74) is 1.76. The molecule has 31 heavy (non-hydrogen) atoms. The second-order valence-corrected chi connectivity index (χ2v) is 10.5. The van der Waals surface area contributed by atoms with Gasteiger partial charge in [-0.2, -0.15) is 13.6 Å². The predicted molar refractivity (Wildman–Crippen MR) is 96.5 cm³/mol. The van der Waals surface area contributed by atoms with E-state index in [0.29, 0.717) is 6.08 Å². The molecule has 1 aromatic rings. The summed E-state index contributed by atoms with van der Waals surface area (Å²) in [6.07, 6.45) is -0.719. The molecule has 0 aliphatic carbocycles. The van der Waals surface area contributed by atoms with Gasteiger partial charge in [0.25, 0.3) is 0 Å². The van der Waals surface area contributed by atoms with Gasteiger partial charge in [0.2, 0.25) is 5.85 Å². The van der Waals surface area contributed by atoms with Gasteiger partial charge >= 0.3 is 29.2 Å². The molecule has 2 rings (SSSR count). The zero-order valence-corrected chi connectivity index (χ0v) is 17.8. The van der Waals surface area contributed by atoms with Crippen LogP contribution >= 0.6 is 23.5 Å². The minimum absolute atomic E-state index is 0.155. The van der Waals surface area contributed by atoms with Gasteiger partial charge in [0.05, 0.1) is 13.0 Å². The van der Waals surface area contributed by atoms with Gasteiger partial charge in [0, 0.05) is 6.20 Å². The first kappa shape index (κ1) is 25.9. The lowest BCUT2D eigenvalue weighted by molar-refractivity contribution is -0.191. The summed E-state index contributed by atoms with van der Waals surface area (Å²) < 4.78 is 66.1. The predicted octanol–water partition coefficient (Wildman–Crippen LogP) is -0.329. The fraction of sp³-hybridized carbons (Fsp3) is 0.455. The minimum Gasteiger partial charge on any atom is -0.383 e. The Labute approximate surface area is 172 Å². The summed E-state index contributed by atoms with van der Waals surface area (Å²) in [6.45, 7) is 1.85. The monoisotopic (exact) mass is 511 g/mol. The van der Waals surface area contributed by atoms with E-state index in [1.54, 1.807) is 0 Å². The number of nitrogen functional groups attached to an aromatic ring is 1. The van der Waals surface area contributed by atoms with Crippen LogP contribution < -0.4 is 11.4 Å². The molecule has 2 unspecified atom stereocenters. The van der Waals surface area contributed by atoms with Gasteiger partial charge in [-0.25, -0.2) is 22.9 Å². The Hall–Kier alpha value is -1.32. The molecule has 0 radical (unpaired) electrons. The molecule has 1 aromatic heterocycles. The Bertz CT molecular complexity index is 1060. The van der Waals surface area contributed by atoms with Crippen molar-refractivity contribution in [2.45, 2.75) is 24.1 Å². The zero-order valence-electron chi connectivity index (χ0n) is 15.1. The Balaban J connectivity index is 2.22. The van der Waals surface area contributed by atoms with Crippen molar-refractivity contribution in [3.63, 3.8) is 0 Å². The first-order valence-electron chi connectivity index (χ1n) is 7.77. The van der Waals surface area contributed by atoms with Gasteiger partial charge < -0.3 is 35.2 Å². The van der Waals surface area contributed by atoms with E-state index in [2.05, 4.69) is 24.7 Å². The number of nitrogens with zero attached hydrogens (tertiary/aromatic N) is 2. The summed E-state index contributed by atoms with van der Waals surface area (Å²) in [7, 11) is -17.1. The lowest BCUT2D eigenvalue weighted by Gasteiger charge is -2.32. The number of phosphoric acid groups is 3. The van der Waals surface area contributed by atoms with Crippen LogP contribution in [0.25, 0.3) is 0 Å². The molecule has 176 valence electrons. The van der Waals surface area contributed by atoms with Gasteiger partial charge in [-0.05, 0) is 6.07 Å². The Morgan fingerprint density at radius 2 is 1.94 bits per heavy atom. The second kappa shape index (κ2) is 8.56. The van der Waals surface area contributed by atoms with Crippen LogP contribution in [0.2, 0.25) is 0 Å². The molecule has 7 N–H and O–H groups in total. The molecule has 0 bridgehead atoms. The maximum atomic E-state index is 14.9. The lowest BCUT2D eigenvalue weighted by atomic mass is 9.95. The van der Waals surface area contributed by atoms with Crippen molar-refractivity contribution < 1.29 is 60.6 Å². The van der Waals surface area contributed by atoms with Crippen molar-refractivity contribution in [3.8, 4) is 0 Å². The molecule has 0 spiro atoms. The maximum absolute atomic E-state index is 14.9. The zero-order chi connectivity index (χ0) is 23.9. The topological polar surface area (TPSA) is 250 Å². The number of halogens is 1. The number of alkyl halides is 1. The third-order valence-electron chi connectivity index (χ3n) is 3.79. The molecule has 20 heteroatoms. The molecule has 2 heterocycles. The number of aromatic nitrogens is 2. The summed E-state index contributed by atoms with van der Waals surface area (Å²) >= 11 is 0. The summed E-state index contributed by atoms with van der Waals surface area (Å²) in [5, 5.41) is 10.1. The normalized spacial score (nSPS) is 30.5. The average Bonchev–Trinajstić information content (AvgIpc) is 2.80. The van der Waals surface area contributed by atoms with Crippen LogP contribution in [0.5, 0.6) is 0 Å². The summed E-state index contributed by atoms with van der Waals surface area (Å²) in [6, 6.07) is 1.17. The van der Waals surface area contributed by atoms with Crippen LogP contribution in [0, 0.1) is 0 Å². The molecule has 0 aromatic carbocycles. The number of aliphatic hydroxyl groups is 1. The van der Waals surface area contributed by atoms with E-state index in [1.165, 1.54) is 6.07 Å². The Kier molecular flexibility index (Phi) is 7.16. The third kappa shape index (κ3) is 6.35. The number of phosphoric ester groups is 1. The van der Waals surface area contributed by atoms with Gasteiger partial charge in [0.15, 0.2) is 5.60 Å². The van der Waals surface area contributed by atoms with E-state index < -0.39 is 59.9 Å². The highest BCUT2D eigenvalue weighted by Gasteiger charge is 2.60. The van der Waals surface area contributed by atoms with Gasteiger partial charge in [-0.1, -0.05) is 12.7 Å². The molecule has 0 amide bonds. The quantitative estimate of drug-likeness (QED) is 0.183. The number of nitrogens with two attached hydrogens (primary N) is 1. The van der Waals surface area contributed by atoms with Crippen molar-refractivity contribution in [3.05, 3.63) is 35.4 Å². The van der Waals surface area contributed by atoms with Crippen LogP contribution in [-0.2, 0) is 31.6 Å². The van der Waals surface area contributed by atoms with E-state index in [0.717, 1.165) is 10.8 Å². The number of ether oxygens (including phenoxy) is 1. The maximum Gasteiger partial charge on any atom is 0.490 e. The first-order valence-corrected chi connectivity index (χ1v) is 12.3. The fourth-order valence-corrected chi connectivity index (χ4v) is 5.52. The number of rotatable bonds is 9. The van der Waals surface area contributed by atoms with Crippen molar-refractivity contribution in [2.24, 2.45) is 0 Å². The smallest absolute Gasteiger partial charge is 0.383 e. The van der Waals surface area contributed by atoms with Crippen molar-refractivity contribution in [1.82, 2.24) is 9.55 Å². The molecular formula is C11H17FN3O13P3. The summed E-state index contributed by atoms with van der Waals surface area (Å²) in [5.74, 6) is -3.51. The van der Waals surface area contributed by atoms with E-state index in [-0.39, 0.29) is 5.82 Å². The van der Waals surface area contributed by atoms with Crippen LogP contribution in [0.4, 0.5) is 10.2 Å². The Morgan fingerprint density at radius 1 is 1.32 bits per heavy atom.